The summed E-state index contributed by atoms with van der Waals surface area (Å²) in [5.74, 6) is 0. The molecule has 1 nitrogen and oxygen atoms in total. The topological polar surface area (TPSA) is 26.0 Å². The first-order valence-electron chi connectivity index (χ1n) is 10.6. The molecule has 0 spiro atoms. The van der Waals surface area contributed by atoms with Crippen molar-refractivity contribution in [2.75, 3.05) is 0 Å². The summed E-state index contributed by atoms with van der Waals surface area (Å²) < 4.78 is 0. The summed E-state index contributed by atoms with van der Waals surface area (Å²) in [6.07, 6.45) is 25.1. The molecule has 0 unspecified atom stereocenters. The molecule has 1 heteroatoms. The average molecular weight is 312 g/mol. The molecule has 0 aromatic rings. The van der Waals surface area contributed by atoms with E-state index in [1.807, 2.05) is 0 Å². The minimum Gasteiger partial charge on any atom is -0.328 e. The molecule has 2 N–H and O–H groups in total. The van der Waals surface area contributed by atoms with E-state index in [-0.39, 0.29) is 0 Å². The molecule has 0 aromatic heterocycles. The van der Waals surface area contributed by atoms with Crippen LogP contribution in [0, 0.1) is 0 Å². The zero-order valence-electron chi connectivity index (χ0n) is 15.9. The molecule has 134 valence electrons. The van der Waals surface area contributed by atoms with Gasteiger partial charge in [-0.1, -0.05) is 117 Å². The van der Waals surface area contributed by atoms with Gasteiger partial charge in [0.2, 0.25) is 0 Å². The Kier molecular flexibility index (Phi) is 19.0. The van der Waals surface area contributed by atoms with Crippen LogP contribution in [0.4, 0.5) is 0 Å². The van der Waals surface area contributed by atoms with Crippen LogP contribution in [0.5, 0.6) is 0 Å². The first-order chi connectivity index (χ1) is 10.8. The molecule has 0 heterocycles. The van der Waals surface area contributed by atoms with Gasteiger partial charge < -0.3 is 5.73 Å². The molecule has 0 rings (SSSR count). The highest BCUT2D eigenvalue weighted by Crippen LogP contribution is 2.14. The Bertz CT molecular complexity index is 170. The fourth-order valence-corrected chi connectivity index (χ4v) is 3.23. The third-order valence-corrected chi connectivity index (χ3v) is 4.86. The molecule has 0 aliphatic rings. The first-order valence-corrected chi connectivity index (χ1v) is 10.6. The number of unbranched alkanes of at least 4 members (excludes halogenated alkanes) is 14. The van der Waals surface area contributed by atoms with E-state index >= 15 is 0 Å². The summed E-state index contributed by atoms with van der Waals surface area (Å²) in [6, 6.07) is 0.472. The van der Waals surface area contributed by atoms with Crippen molar-refractivity contribution in [1.82, 2.24) is 0 Å². The van der Waals surface area contributed by atoms with Crippen molar-refractivity contribution in [3.63, 3.8) is 0 Å². The molecular formula is C21H45N. The van der Waals surface area contributed by atoms with Gasteiger partial charge in [-0.2, -0.15) is 0 Å². The molecular weight excluding hydrogens is 266 g/mol. The lowest BCUT2D eigenvalue weighted by molar-refractivity contribution is 0.480. The van der Waals surface area contributed by atoms with Crippen molar-refractivity contribution in [2.45, 2.75) is 135 Å². The Hall–Kier alpha value is -0.0400. The maximum Gasteiger partial charge on any atom is 0.00388 e. The third-order valence-electron chi connectivity index (χ3n) is 4.86. The van der Waals surface area contributed by atoms with Crippen LogP contribution >= 0.6 is 0 Å². The summed E-state index contributed by atoms with van der Waals surface area (Å²) in [6.45, 7) is 4.57. The lowest BCUT2D eigenvalue weighted by atomic mass is 10.0. The van der Waals surface area contributed by atoms with Crippen molar-refractivity contribution < 1.29 is 0 Å². The predicted octanol–water partition coefficient (Wildman–Crippen LogP) is 7.38. The van der Waals surface area contributed by atoms with E-state index in [0.29, 0.717) is 6.04 Å². The summed E-state index contributed by atoms with van der Waals surface area (Å²) in [5.41, 5.74) is 6.23. The molecule has 0 aliphatic carbocycles. The summed E-state index contributed by atoms with van der Waals surface area (Å²) in [5, 5.41) is 0. The fraction of sp³-hybridized carbons (Fsp3) is 1.00. The van der Waals surface area contributed by atoms with Crippen molar-refractivity contribution in [3.05, 3.63) is 0 Å². The monoisotopic (exact) mass is 311 g/mol. The normalized spacial score (nSPS) is 11.5. The Balaban J connectivity index is 3.11. The maximum atomic E-state index is 6.23. The van der Waals surface area contributed by atoms with Crippen molar-refractivity contribution in [1.29, 1.82) is 0 Å². The predicted molar refractivity (Wildman–Crippen MR) is 102 cm³/mol. The number of hydrogen-bond donors (Lipinski definition) is 1. The highest BCUT2D eigenvalue weighted by Gasteiger charge is 2.02. The fourth-order valence-electron chi connectivity index (χ4n) is 3.23. The largest absolute Gasteiger partial charge is 0.328 e. The van der Waals surface area contributed by atoms with Crippen molar-refractivity contribution >= 4 is 0 Å². The van der Waals surface area contributed by atoms with Gasteiger partial charge in [0, 0.05) is 6.04 Å². The second kappa shape index (κ2) is 19.0. The van der Waals surface area contributed by atoms with Crippen LogP contribution in [0.2, 0.25) is 0 Å². The molecule has 0 amide bonds. The van der Waals surface area contributed by atoms with Gasteiger partial charge in [0.15, 0.2) is 0 Å². The summed E-state index contributed by atoms with van der Waals surface area (Å²) >= 11 is 0. The average Bonchev–Trinajstić information content (AvgIpc) is 2.52. The van der Waals surface area contributed by atoms with Gasteiger partial charge in [0.1, 0.15) is 0 Å². The molecule has 0 saturated heterocycles. The van der Waals surface area contributed by atoms with Gasteiger partial charge in [0.05, 0.1) is 0 Å². The van der Waals surface area contributed by atoms with Gasteiger partial charge >= 0.3 is 0 Å². The Labute approximate surface area is 141 Å². The van der Waals surface area contributed by atoms with Crippen LogP contribution < -0.4 is 5.73 Å². The van der Waals surface area contributed by atoms with E-state index in [2.05, 4.69) is 13.8 Å². The molecule has 0 radical (unpaired) electrons. The minimum absolute atomic E-state index is 0.472. The quantitative estimate of drug-likeness (QED) is 0.263. The molecule has 0 atom stereocenters. The van der Waals surface area contributed by atoms with E-state index in [0.717, 1.165) is 0 Å². The van der Waals surface area contributed by atoms with Gasteiger partial charge in [0.25, 0.3) is 0 Å². The van der Waals surface area contributed by atoms with Crippen molar-refractivity contribution in [3.8, 4) is 0 Å². The second-order valence-corrected chi connectivity index (χ2v) is 7.29. The van der Waals surface area contributed by atoms with Gasteiger partial charge in [-0.3, -0.25) is 0 Å². The maximum absolute atomic E-state index is 6.23. The smallest absolute Gasteiger partial charge is 0.00388 e. The molecule has 0 fully saturated rings. The zero-order chi connectivity index (χ0) is 16.3. The molecule has 0 aliphatic heterocycles. The van der Waals surface area contributed by atoms with Crippen LogP contribution in [0.3, 0.4) is 0 Å². The van der Waals surface area contributed by atoms with Crippen LogP contribution in [0.1, 0.15) is 129 Å². The number of nitrogens with two attached hydrogens (primary N) is 1. The summed E-state index contributed by atoms with van der Waals surface area (Å²) in [7, 11) is 0. The highest BCUT2D eigenvalue weighted by molar-refractivity contribution is 4.62. The van der Waals surface area contributed by atoms with Crippen LogP contribution in [0.15, 0.2) is 0 Å². The zero-order valence-corrected chi connectivity index (χ0v) is 15.9. The van der Waals surface area contributed by atoms with Crippen LogP contribution in [0.25, 0.3) is 0 Å². The number of hydrogen-bond acceptors (Lipinski definition) is 1. The molecule has 0 bridgehead atoms. The lowest BCUT2D eigenvalue weighted by Gasteiger charge is -2.11. The van der Waals surface area contributed by atoms with Gasteiger partial charge in [-0.15, -0.1) is 0 Å². The van der Waals surface area contributed by atoms with Crippen LogP contribution in [-0.2, 0) is 0 Å². The summed E-state index contributed by atoms with van der Waals surface area (Å²) in [4.78, 5) is 0. The van der Waals surface area contributed by atoms with E-state index in [9.17, 15) is 0 Å². The molecule has 22 heavy (non-hydrogen) atoms. The molecule has 0 aromatic carbocycles. The highest BCUT2D eigenvalue weighted by atomic mass is 14.6. The molecule has 0 saturated carbocycles. The SMILES string of the molecule is CCCCCCCCCCC(N)CCCCCCCCCC. The Morgan fingerprint density at radius 1 is 0.455 bits per heavy atom. The van der Waals surface area contributed by atoms with Gasteiger partial charge in [-0.25, -0.2) is 0 Å². The second-order valence-electron chi connectivity index (χ2n) is 7.29. The Morgan fingerprint density at radius 2 is 0.727 bits per heavy atom. The van der Waals surface area contributed by atoms with E-state index in [4.69, 9.17) is 5.73 Å². The lowest BCUT2D eigenvalue weighted by Crippen LogP contribution is -2.19. The Morgan fingerprint density at radius 3 is 1.05 bits per heavy atom. The minimum atomic E-state index is 0.472. The van der Waals surface area contributed by atoms with E-state index in [1.165, 1.54) is 116 Å². The standard InChI is InChI=1S/C21H45N/c1-3-5-7-9-11-13-15-17-19-21(22)20-18-16-14-12-10-8-6-4-2/h21H,3-20,22H2,1-2H3. The van der Waals surface area contributed by atoms with E-state index < -0.39 is 0 Å². The van der Waals surface area contributed by atoms with E-state index in [1.54, 1.807) is 0 Å². The number of rotatable bonds is 18. The third kappa shape index (κ3) is 18.0. The van der Waals surface area contributed by atoms with Crippen LogP contribution in [-0.4, -0.2) is 6.04 Å². The first kappa shape index (κ1) is 22.0. The van der Waals surface area contributed by atoms with Crippen molar-refractivity contribution in [2.24, 2.45) is 5.73 Å². The van der Waals surface area contributed by atoms with Gasteiger partial charge in [-0.05, 0) is 12.8 Å².